The van der Waals surface area contributed by atoms with Crippen LogP contribution in [0.1, 0.15) is 6.55 Å². The average molecular weight is 168 g/mol. The highest BCUT2D eigenvalue weighted by atomic mass is 19.3. The van der Waals surface area contributed by atoms with Crippen LogP contribution in [0.15, 0.2) is 30.5 Å². The fourth-order valence-electron chi connectivity index (χ4n) is 1.08. The maximum Gasteiger partial charge on any atom is 0.333 e. The van der Waals surface area contributed by atoms with Crippen LogP contribution in [-0.4, -0.2) is 9.78 Å². The number of halogens is 2. The maximum atomic E-state index is 12.1. The van der Waals surface area contributed by atoms with Gasteiger partial charge in [-0.3, -0.25) is 0 Å². The molecular formula is C8H6F2N2. The van der Waals surface area contributed by atoms with Crippen LogP contribution in [0.4, 0.5) is 8.78 Å². The quantitative estimate of drug-likeness (QED) is 0.639. The maximum absolute atomic E-state index is 12.1. The monoisotopic (exact) mass is 168 g/mol. The number of benzene rings is 1. The SMILES string of the molecule is FC(F)n1cc2ccccc2n1. The lowest BCUT2D eigenvalue weighted by Gasteiger charge is -1.94. The summed E-state index contributed by atoms with van der Waals surface area (Å²) >= 11 is 0. The molecule has 0 saturated carbocycles. The van der Waals surface area contributed by atoms with Gasteiger partial charge in [-0.25, -0.2) is 4.68 Å². The van der Waals surface area contributed by atoms with Gasteiger partial charge in [0.2, 0.25) is 0 Å². The fourth-order valence-corrected chi connectivity index (χ4v) is 1.08. The molecule has 0 N–H and O–H groups in total. The van der Waals surface area contributed by atoms with E-state index in [1.54, 1.807) is 24.3 Å². The first kappa shape index (κ1) is 7.21. The van der Waals surface area contributed by atoms with Gasteiger partial charge in [-0.05, 0) is 6.07 Å². The van der Waals surface area contributed by atoms with Gasteiger partial charge in [0.05, 0.1) is 5.52 Å². The van der Waals surface area contributed by atoms with E-state index in [9.17, 15) is 8.78 Å². The molecule has 1 aromatic carbocycles. The van der Waals surface area contributed by atoms with Crippen molar-refractivity contribution in [3.8, 4) is 0 Å². The van der Waals surface area contributed by atoms with Crippen LogP contribution >= 0.6 is 0 Å². The van der Waals surface area contributed by atoms with E-state index in [4.69, 9.17) is 0 Å². The second-order valence-corrected chi connectivity index (χ2v) is 2.45. The average Bonchev–Trinajstić information content (AvgIpc) is 2.46. The van der Waals surface area contributed by atoms with Crippen molar-refractivity contribution in [1.29, 1.82) is 0 Å². The molecule has 0 aliphatic carbocycles. The standard InChI is InChI=1S/C8H6F2N2/c9-8(10)12-5-6-3-1-2-4-7(6)11-12/h1-5,8H. The molecule has 1 heterocycles. The zero-order valence-corrected chi connectivity index (χ0v) is 6.11. The van der Waals surface area contributed by atoms with Crippen molar-refractivity contribution in [3.05, 3.63) is 30.5 Å². The van der Waals surface area contributed by atoms with Crippen LogP contribution in [0.3, 0.4) is 0 Å². The third-order valence-electron chi connectivity index (χ3n) is 1.63. The summed E-state index contributed by atoms with van der Waals surface area (Å²) in [5.41, 5.74) is 0.595. The largest absolute Gasteiger partial charge is 0.333 e. The molecule has 2 aromatic rings. The Morgan fingerprint density at radius 2 is 2.00 bits per heavy atom. The number of nitrogens with zero attached hydrogens (tertiary/aromatic N) is 2. The molecule has 0 bridgehead atoms. The molecule has 0 fully saturated rings. The number of alkyl halides is 2. The minimum Gasteiger partial charge on any atom is -0.210 e. The van der Waals surface area contributed by atoms with Crippen LogP contribution in [0.2, 0.25) is 0 Å². The smallest absolute Gasteiger partial charge is 0.210 e. The summed E-state index contributed by atoms with van der Waals surface area (Å²) in [6, 6.07) is 7.01. The Balaban J connectivity index is 2.62. The van der Waals surface area contributed by atoms with E-state index >= 15 is 0 Å². The lowest BCUT2D eigenvalue weighted by atomic mass is 10.3. The molecule has 0 amide bonds. The van der Waals surface area contributed by atoms with E-state index in [0.717, 1.165) is 5.39 Å². The van der Waals surface area contributed by atoms with Crippen molar-refractivity contribution in [2.75, 3.05) is 0 Å². The lowest BCUT2D eigenvalue weighted by Crippen LogP contribution is -1.96. The molecule has 12 heavy (non-hydrogen) atoms. The first-order valence-electron chi connectivity index (χ1n) is 3.49. The first-order valence-corrected chi connectivity index (χ1v) is 3.49. The highest BCUT2D eigenvalue weighted by molar-refractivity contribution is 5.77. The molecule has 4 heteroatoms. The molecule has 0 unspecified atom stereocenters. The molecule has 2 nitrogen and oxygen atoms in total. The number of aromatic nitrogens is 2. The molecule has 0 spiro atoms. The van der Waals surface area contributed by atoms with E-state index in [-0.39, 0.29) is 0 Å². The number of hydrogen-bond donors (Lipinski definition) is 0. The third-order valence-corrected chi connectivity index (χ3v) is 1.63. The van der Waals surface area contributed by atoms with Crippen LogP contribution in [0.25, 0.3) is 10.9 Å². The summed E-state index contributed by atoms with van der Waals surface area (Å²) < 4.78 is 24.9. The van der Waals surface area contributed by atoms with Gasteiger partial charge in [0.15, 0.2) is 0 Å². The van der Waals surface area contributed by atoms with E-state index in [1.807, 2.05) is 0 Å². The minimum atomic E-state index is -2.56. The Bertz CT molecular complexity index is 362. The molecular weight excluding hydrogens is 162 g/mol. The Morgan fingerprint density at radius 1 is 1.25 bits per heavy atom. The Kier molecular flexibility index (Phi) is 1.53. The first-order chi connectivity index (χ1) is 5.77. The Labute approximate surface area is 67.4 Å². The van der Waals surface area contributed by atoms with Gasteiger partial charge in [-0.1, -0.05) is 18.2 Å². The predicted octanol–water partition coefficient (Wildman–Crippen LogP) is 2.43. The van der Waals surface area contributed by atoms with Crippen LogP contribution in [0, 0.1) is 0 Å². The van der Waals surface area contributed by atoms with Crippen molar-refractivity contribution < 1.29 is 8.78 Å². The Hall–Kier alpha value is -1.45. The van der Waals surface area contributed by atoms with Gasteiger partial charge < -0.3 is 0 Å². The molecule has 0 saturated heterocycles. The number of fused-ring (bicyclic) bond motifs is 1. The summed E-state index contributed by atoms with van der Waals surface area (Å²) in [4.78, 5) is 0. The van der Waals surface area contributed by atoms with Gasteiger partial charge in [0, 0.05) is 11.6 Å². The summed E-state index contributed by atoms with van der Waals surface area (Å²) in [6.07, 6.45) is 1.33. The summed E-state index contributed by atoms with van der Waals surface area (Å²) in [6.45, 7) is -2.56. The van der Waals surface area contributed by atoms with Gasteiger partial charge in [0.25, 0.3) is 0 Å². The summed E-state index contributed by atoms with van der Waals surface area (Å²) in [5, 5.41) is 4.41. The van der Waals surface area contributed by atoms with Crippen LogP contribution < -0.4 is 0 Å². The molecule has 1 aromatic heterocycles. The highest BCUT2D eigenvalue weighted by Gasteiger charge is 2.06. The molecule has 62 valence electrons. The summed E-state index contributed by atoms with van der Waals surface area (Å²) in [5.74, 6) is 0. The van der Waals surface area contributed by atoms with Crippen molar-refractivity contribution in [2.45, 2.75) is 6.55 Å². The lowest BCUT2D eigenvalue weighted by molar-refractivity contribution is 0.0574. The van der Waals surface area contributed by atoms with Gasteiger partial charge >= 0.3 is 6.55 Å². The molecule has 0 radical (unpaired) electrons. The van der Waals surface area contributed by atoms with Crippen LogP contribution in [-0.2, 0) is 0 Å². The van der Waals surface area contributed by atoms with E-state index in [1.165, 1.54) is 6.20 Å². The third kappa shape index (κ3) is 1.05. The van der Waals surface area contributed by atoms with Gasteiger partial charge in [0.1, 0.15) is 0 Å². The Morgan fingerprint density at radius 3 is 2.67 bits per heavy atom. The van der Waals surface area contributed by atoms with E-state index < -0.39 is 6.55 Å². The van der Waals surface area contributed by atoms with E-state index in [0.29, 0.717) is 10.2 Å². The highest BCUT2D eigenvalue weighted by Crippen LogP contribution is 2.15. The van der Waals surface area contributed by atoms with Crippen molar-refractivity contribution in [1.82, 2.24) is 9.78 Å². The molecule has 2 rings (SSSR count). The second kappa shape index (κ2) is 2.55. The zero-order chi connectivity index (χ0) is 8.55. The van der Waals surface area contributed by atoms with E-state index in [2.05, 4.69) is 5.10 Å². The van der Waals surface area contributed by atoms with Crippen molar-refractivity contribution >= 4 is 10.9 Å². The fraction of sp³-hybridized carbons (Fsp3) is 0.125. The second-order valence-electron chi connectivity index (χ2n) is 2.45. The van der Waals surface area contributed by atoms with Crippen molar-refractivity contribution in [2.24, 2.45) is 0 Å². The normalized spacial score (nSPS) is 11.2. The minimum absolute atomic E-state index is 0.595. The zero-order valence-electron chi connectivity index (χ0n) is 6.11. The topological polar surface area (TPSA) is 17.8 Å². The number of hydrogen-bond acceptors (Lipinski definition) is 1. The van der Waals surface area contributed by atoms with Crippen molar-refractivity contribution in [3.63, 3.8) is 0 Å². The molecule has 0 aliphatic heterocycles. The predicted molar refractivity (Wildman–Crippen MR) is 41.0 cm³/mol. The molecule has 0 aliphatic rings. The molecule has 0 atom stereocenters. The van der Waals surface area contributed by atoms with Gasteiger partial charge in [-0.2, -0.15) is 13.9 Å². The van der Waals surface area contributed by atoms with Crippen LogP contribution in [0.5, 0.6) is 0 Å². The number of rotatable bonds is 1. The van der Waals surface area contributed by atoms with Gasteiger partial charge in [-0.15, -0.1) is 0 Å². The summed E-state index contributed by atoms with van der Waals surface area (Å²) in [7, 11) is 0.